The lowest BCUT2D eigenvalue weighted by molar-refractivity contribution is 0.264. The Bertz CT molecular complexity index is 489. The number of terminal acetylenes is 1. The monoisotopic (exact) mass is 242 g/mol. The van der Waals surface area contributed by atoms with Crippen molar-refractivity contribution >= 4 is 0 Å². The van der Waals surface area contributed by atoms with Crippen LogP contribution in [-0.2, 0) is 22.2 Å². The van der Waals surface area contributed by atoms with E-state index in [1.165, 1.54) is 24.0 Å². The Morgan fingerprint density at radius 1 is 1.11 bits per heavy atom. The summed E-state index contributed by atoms with van der Waals surface area (Å²) in [5.41, 5.74) is 4.62. The summed E-state index contributed by atoms with van der Waals surface area (Å²) in [4.78, 5) is 0. The van der Waals surface area contributed by atoms with Gasteiger partial charge in [0.2, 0.25) is 0 Å². The molecule has 1 aromatic carbocycles. The molecule has 0 aromatic heterocycles. The number of rotatable bonds is 2. The van der Waals surface area contributed by atoms with Crippen LogP contribution in [0.1, 0.15) is 57.2 Å². The smallest absolute Gasteiger partial charge is 0.125 e. The Balaban J connectivity index is 2.45. The van der Waals surface area contributed by atoms with E-state index in [0.717, 1.165) is 5.56 Å². The Labute approximate surface area is 111 Å². The number of ether oxygens (including phenoxy) is 1. The fourth-order valence-electron chi connectivity index (χ4n) is 2.85. The predicted octanol–water partition coefficient (Wildman–Crippen LogP) is 4.14. The first-order valence-electron chi connectivity index (χ1n) is 6.58. The summed E-state index contributed by atoms with van der Waals surface area (Å²) in [6.07, 6.45) is 9.84. The van der Waals surface area contributed by atoms with Crippen LogP contribution < -0.4 is 0 Å². The van der Waals surface area contributed by atoms with Gasteiger partial charge in [0.15, 0.2) is 0 Å². The zero-order valence-electron chi connectivity index (χ0n) is 11.8. The second kappa shape index (κ2) is 4.35. The zero-order valence-corrected chi connectivity index (χ0v) is 11.8. The number of fused-ring (bicyclic) bond motifs is 1. The van der Waals surface area contributed by atoms with Gasteiger partial charge in [-0.25, -0.2) is 0 Å². The molecular weight excluding hydrogens is 220 g/mol. The molecule has 0 bridgehead atoms. The van der Waals surface area contributed by atoms with Gasteiger partial charge < -0.3 is 4.74 Å². The van der Waals surface area contributed by atoms with Crippen molar-refractivity contribution in [2.75, 3.05) is 0 Å². The molecule has 0 spiro atoms. The molecule has 1 aliphatic carbocycles. The number of benzene rings is 1. The maximum atomic E-state index is 5.14. The van der Waals surface area contributed by atoms with E-state index in [-0.39, 0.29) is 10.8 Å². The van der Waals surface area contributed by atoms with Gasteiger partial charge in [-0.2, -0.15) is 0 Å². The standard InChI is InChI=1S/C17H22O/c1-6-18-12-13-7-8-14-15(11-13)17(4,5)10-9-16(14,2)3/h1,7-8,11H,9-10,12H2,2-5H3. The molecule has 0 fully saturated rings. The average Bonchev–Trinajstić information content (AvgIpc) is 2.32. The van der Waals surface area contributed by atoms with Gasteiger partial charge in [0.25, 0.3) is 0 Å². The Hall–Kier alpha value is -1.42. The van der Waals surface area contributed by atoms with Crippen molar-refractivity contribution in [1.29, 1.82) is 0 Å². The average molecular weight is 242 g/mol. The van der Waals surface area contributed by atoms with Crippen LogP contribution in [-0.4, -0.2) is 0 Å². The van der Waals surface area contributed by atoms with Crippen LogP contribution in [0, 0.1) is 12.5 Å². The summed E-state index contributed by atoms with van der Waals surface area (Å²) in [6, 6.07) is 6.67. The summed E-state index contributed by atoms with van der Waals surface area (Å²) in [5, 5.41) is 0. The molecular formula is C17H22O. The van der Waals surface area contributed by atoms with Crippen molar-refractivity contribution in [2.45, 2.75) is 58.0 Å². The van der Waals surface area contributed by atoms with E-state index in [2.05, 4.69) is 52.0 Å². The normalized spacial score (nSPS) is 19.7. The second-order valence-corrected chi connectivity index (χ2v) is 6.55. The summed E-state index contributed by atoms with van der Waals surface area (Å²) in [5.74, 6) is 0. The SMILES string of the molecule is C#COCc1ccc2c(c1)C(C)(C)CCC2(C)C. The highest BCUT2D eigenvalue weighted by Crippen LogP contribution is 2.45. The van der Waals surface area contributed by atoms with Crippen LogP contribution in [0.2, 0.25) is 0 Å². The molecule has 0 unspecified atom stereocenters. The van der Waals surface area contributed by atoms with E-state index in [0.29, 0.717) is 6.61 Å². The van der Waals surface area contributed by atoms with E-state index in [1.807, 2.05) is 0 Å². The first-order chi connectivity index (χ1) is 8.37. The molecule has 0 N–H and O–H groups in total. The molecule has 0 aliphatic heterocycles. The van der Waals surface area contributed by atoms with Crippen LogP contribution in [0.25, 0.3) is 0 Å². The fourth-order valence-corrected chi connectivity index (χ4v) is 2.85. The highest BCUT2D eigenvalue weighted by atomic mass is 16.5. The minimum Gasteiger partial charge on any atom is -0.442 e. The topological polar surface area (TPSA) is 9.23 Å². The van der Waals surface area contributed by atoms with Crippen LogP contribution in [0.5, 0.6) is 0 Å². The maximum absolute atomic E-state index is 5.14. The minimum absolute atomic E-state index is 0.247. The molecule has 0 saturated carbocycles. The van der Waals surface area contributed by atoms with Gasteiger partial charge in [0.05, 0.1) is 0 Å². The van der Waals surface area contributed by atoms with Crippen molar-refractivity contribution in [3.05, 3.63) is 34.9 Å². The van der Waals surface area contributed by atoms with Gasteiger partial charge in [-0.05, 0) is 40.4 Å². The summed E-state index contributed by atoms with van der Waals surface area (Å²) < 4.78 is 5.06. The Morgan fingerprint density at radius 2 is 1.72 bits per heavy atom. The van der Waals surface area contributed by atoms with Crippen LogP contribution in [0.15, 0.2) is 18.2 Å². The number of hydrogen-bond donors (Lipinski definition) is 0. The molecule has 0 amide bonds. The third-order valence-electron chi connectivity index (χ3n) is 4.24. The van der Waals surface area contributed by atoms with Crippen LogP contribution in [0.4, 0.5) is 0 Å². The van der Waals surface area contributed by atoms with Gasteiger partial charge in [0.1, 0.15) is 12.7 Å². The van der Waals surface area contributed by atoms with Gasteiger partial charge in [-0.15, -0.1) is 0 Å². The lowest BCUT2D eigenvalue weighted by Crippen LogP contribution is -2.33. The number of hydrogen-bond acceptors (Lipinski definition) is 1. The molecule has 2 rings (SSSR count). The second-order valence-electron chi connectivity index (χ2n) is 6.55. The van der Waals surface area contributed by atoms with E-state index in [9.17, 15) is 0 Å². The van der Waals surface area contributed by atoms with E-state index < -0.39 is 0 Å². The summed E-state index contributed by atoms with van der Waals surface area (Å²) >= 11 is 0. The summed E-state index contributed by atoms with van der Waals surface area (Å²) in [6.45, 7) is 9.82. The van der Waals surface area contributed by atoms with Gasteiger partial charge >= 0.3 is 0 Å². The largest absolute Gasteiger partial charge is 0.442 e. The van der Waals surface area contributed by atoms with E-state index in [4.69, 9.17) is 11.2 Å². The van der Waals surface area contributed by atoms with E-state index >= 15 is 0 Å². The Morgan fingerprint density at radius 3 is 2.33 bits per heavy atom. The maximum Gasteiger partial charge on any atom is 0.125 e. The molecule has 1 aliphatic rings. The highest BCUT2D eigenvalue weighted by Gasteiger charge is 2.36. The molecule has 1 aromatic rings. The molecule has 0 heterocycles. The highest BCUT2D eigenvalue weighted by molar-refractivity contribution is 5.43. The molecule has 96 valence electrons. The minimum atomic E-state index is 0.247. The van der Waals surface area contributed by atoms with Gasteiger partial charge in [0, 0.05) is 0 Å². The molecule has 0 atom stereocenters. The summed E-state index contributed by atoms with van der Waals surface area (Å²) in [7, 11) is 0. The third-order valence-corrected chi connectivity index (χ3v) is 4.24. The lowest BCUT2D eigenvalue weighted by Gasteiger charge is -2.42. The molecule has 0 saturated heterocycles. The lowest BCUT2D eigenvalue weighted by atomic mass is 9.63. The van der Waals surface area contributed by atoms with Crippen molar-refractivity contribution in [1.82, 2.24) is 0 Å². The first-order valence-corrected chi connectivity index (χ1v) is 6.58. The van der Waals surface area contributed by atoms with Gasteiger partial charge in [-0.1, -0.05) is 52.3 Å². The molecule has 18 heavy (non-hydrogen) atoms. The Kier molecular flexibility index (Phi) is 3.15. The third kappa shape index (κ3) is 2.25. The van der Waals surface area contributed by atoms with Crippen molar-refractivity contribution in [2.24, 2.45) is 0 Å². The molecule has 1 nitrogen and oxygen atoms in total. The van der Waals surface area contributed by atoms with E-state index in [1.54, 1.807) is 0 Å². The molecule has 1 heteroatoms. The van der Waals surface area contributed by atoms with Crippen molar-refractivity contribution in [3.8, 4) is 12.5 Å². The van der Waals surface area contributed by atoms with Crippen LogP contribution in [0.3, 0.4) is 0 Å². The fraction of sp³-hybridized carbons (Fsp3) is 0.529. The van der Waals surface area contributed by atoms with Crippen molar-refractivity contribution < 1.29 is 4.74 Å². The van der Waals surface area contributed by atoms with Gasteiger partial charge in [-0.3, -0.25) is 0 Å². The quantitative estimate of drug-likeness (QED) is 0.708. The first kappa shape index (κ1) is 13.0. The van der Waals surface area contributed by atoms with Crippen LogP contribution >= 0.6 is 0 Å². The van der Waals surface area contributed by atoms with Crippen molar-refractivity contribution in [3.63, 3.8) is 0 Å². The zero-order chi connectivity index (χ0) is 13.4. The molecule has 0 radical (unpaired) electrons. The predicted molar refractivity (Wildman–Crippen MR) is 75.4 cm³/mol.